The number of allylic oxidation sites excluding steroid dienone is 8. The molecule has 0 saturated heterocycles. The Morgan fingerprint density at radius 1 is 0.545 bits per heavy atom. The summed E-state index contributed by atoms with van der Waals surface area (Å²) in [5.74, 6) is 0. The number of halogens is 1. The van der Waals surface area contributed by atoms with E-state index >= 15 is 0 Å². The molecule has 2 heteroatoms. The van der Waals surface area contributed by atoms with Crippen molar-refractivity contribution in [2.45, 2.75) is 69.2 Å². The third kappa shape index (κ3) is 2.98. The molecule has 0 aromatic heterocycles. The van der Waals surface area contributed by atoms with E-state index in [0.717, 1.165) is 0 Å². The summed E-state index contributed by atoms with van der Waals surface area (Å²) in [5.41, 5.74) is 9.73. The molecule has 0 amide bonds. The van der Waals surface area contributed by atoms with E-state index in [1.165, 1.54) is 11.1 Å². The fourth-order valence-corrected chi connectivity index (χ4v) is 6.78. The summed E-state index contributed by atoms with van der Waals surface area (Å²) in [7, 11) is 0. The maximum Gasteiger partial charge on any atom is -1.00 e. The maximum atomic E-state index is 2.41. The molecule has 22 heavy (non-hydrogen) atoms. The Kier molecular flexibility index (Phi) is 6.39. The standard InChI is InChI=1S/2C10H15.BrH.Yb/c2*1-7-6-10(4,5)9(3)8(7)2;;/h2*1-5H3;1H;/q;;;+1/p-1. The van der Waals surface area contributed by atoms with Crippen LogP contribution in [0.5, 0.6) is 0 Å². The van der Waals surface area contributed by atoms with Crippen LogP contribution in [0.1, 0.15) is 69.2 Å². The van der Waals surface area contributed by atoms with Crippen molar-refractivity contribution in [3.05, 3.63) is 34.1 Å². The van der Waals surface area contributed by atoms with Crippen molar-refractivity contribution in [2.24, 2.45) is 10.8 Å². The second kappa shape index (κ2) is 6.69. The number of rotatable bonds is 2. The van der Waals surface area contributed by atoms with Gasteiger partial charge in [0.1, 0.15) is 0 Å². The summed E-state index contributed by atoms with van der Waals surface area (Å²) >= 11 is 0.519. The molecule has 0 aliphatic heterocycles. The van der Waals surface area contributed by atoms with E-state index in [9.17, 15) is 0 Å². The van der Waals surface area contributed by atoms with Crippen LogP contribution in [0.25, 0.3) is 0 Å². The minimum Gasteiger partial charge on any atom is -1.00 e. The quantitative estimate of drug-likeness (QED) is 0.521. The van der Waals surface area contributed by atoms with Crippen molar-refractivity contribution in [1.82, 2.24) is 0 Å². The third-order valence-electron chi connectivity index (χ3n) is 5.79. The monoisotopic (exact) mass is 523 g/mol. The van der Waals surface area contributed by atoms with E-state index in [1.54, 1.807) is 23.0 Å². The van der Waals surface area contributed by atoms with Crippen molar-refractivity contribution in [1.29, 1.82) is 0 Å². The third-order valence-corrected chi connectivity index (χ3v) is 10.1. The molecule has 0 atom stereocenters. The summed E-state index contributed by atoms with van der Waals surface area (Å²) < 4.78 is 3.37. The predicted octanol–water partition coefficient (Wildman–Crippen LogP) is 3.38. The van der Waals surface area contributed by atoms with Gasteiger partial charge in [0.15, 0.2) is 0 Å². The Balaban J connectivity index is 0.00000242. The Bertz CT molecular complexity index is 581. The predicted molar refractivity (Wildman–Crippen MR) is 89.7 cm³/mol. The zero-order valence-corrected chi connectivity index (χ0v) is 18.9. The van der Waals surface area contributed by atoms with Gasteiger partial charge in [0.2, 0.25) is 0 Å². The molecule has 0 N–H and O–H groups in total. The first-order valence-electron chi connectivity index (χ1n) is 7.77. The Morgan fingerprint density at radius 2 is 0.818 bits per heavy atom. The van der Waals surface area contributed by atoms with E-state index in [-0.39, 0.29) is 27.8 Å². The SMILES string of the molecule is CC1=C(C)C(C)(C)[C]([Yb+][C]2=C(C)C(C)=C(C)C2(C)C)=C1C.[Br-]. The van der Waals surface area contributed by atoms with E-state index in [1.807, 2.05) is 0 Å². The second-order valence-electron chi connectivity index (χ2n) is 7.58. The van der Waals surface area contributed by atoms with Gasteiger partial charge in [-0.05, 0) is 0 Å². The molecular formula is C20H30BrYb. The zero-order chi connectivity index (χ0) is 16.3. The Morgan fingerprint density at radius 3 is 1.00 bits per heavy atom. The first-order chi connectivity index (χ1) is 9.44. The summed E-state index contributed by atoms with van der Waals surface area (Å²) in [6.07, 6.45) is 0. The molecule has 0 fully saturated rings. The van der Waals surface area contributed by atoms with Gasteiger partial charge in [-0.25, -0.2) is 0 Å². The van der Waals surface area contributed by atoms with Crippen molar-refractivity contribution < 1.29 is 59.3 Å². The second-order valence-corrected chi connectivity index (χ2v) is 9.73. The van der Waals surface area contributed by atoms with Crippen LogP contribution in [0.2, 0.25) is 0 Å². The fraction of sp³-hybridized carbons (Fsp3) is 0.600. The molecule has 0 bridgehead atoms. The van der Waals surface area contributed by atoms with Gasteiger partial charge in [-0.2, -0.15) is 0 Å². The van der Waals surface area contributed by atoms with Crippen LogP contribution in [-0.2, 0) is 0 Å². The van der Waals surface area contributed by atoms with Gasteiger partial charge in [0.25, 0.3) is 0 Å². The van der Waals surface area contributed by atoms with Crippen LogP contribution in [0.15, 0.2) is 34.1 Å². The van der Waals surface area contributed by atoms with Crippen LogP contribution in [-0.4, -0.2) is 0 Å². The largest absolute Gasteiger partial charge is 1.00 e. The molecule has 2 aliphatic carbocycles. The Labute approximate surface area is 171 Å². The molecule has 0 heterocycles. The van der Waals surface area contributed by atoms with Gasteiger partial charge in [-0.15, -0.1) is 0 Å². The van der Waals surface area contributed by atoms with E-state index < -0.39 is 0 Å². The van der Waals surface area contributed by atoms with Gasteiger partial charge >= 0.3 is 157 Å². The van der Waals surface area contributed by atoms with E-state index in [2.05, 4.69) is 69.2 Å². The van der Waals surface area contributed by atoms with Crippen LogP contribution in [0, 0.1) is 53.2 Å². The minimum atomic E-state index is 0. The maximum absolute atomic E-state index is 2.41. The molecule has 0 spiro atoms. The van der Waals surface area contributed by atoms with Crippen molar-refractivity contribution in [2.75, 3.05) is 0 Å². The molecule has 2 aliphatic rings. The average Bonchev–Trinajstić information content (AvgIpc) is 2.63. The van der Waals surface area contributed by atoms with Gasteiger partial charge in [-0.1, -0.05) is 0 Å². The minimum absolute atomic E-state index is 0. The van der Waals surface area contributed by atoms with Crippen molar-refractivity contribution in [3.63, 3.8) is 0 Å². The number of hydrogen-bond donors (Lipinski definition) is 0. The molecule has 0 aromatic carbocycles. The normalized spacial score (nSPS) is 23.9. The Hall–Kier alpha value is 0.959. The molecule has 0 nitrogen and oxygen atoms in total. The van der Waals surface area contributed by atoms with E-state index in [4.69, 9.17) is 0 Å². The molecule has 2 rings (SSSR count). The first kappa shape index (κ1) is 21.0. The fourth-order valence-electron chi connectivity index (χ4n) is 3.35. The van der Waals surface area contributed by atoms with Gasteiger partial charge < -0.3 is 17.0 Å². The number of hydrogen-bond acceptors (Lipinski definition) is 0. The summed E-state index contributed by atoms with van der Waals surface area (Å²) in [6.45, 7) is 23.5. The van der Waals surface area contributed by atoms with Gasteiger partial charge in [0.05, 0.1) is 0 Å². The molecule has 0 saturated carbocycles. The summed E-state index contributed by atoms with van der Waals surface area (Å²) in [5, 5.41) is 0. The molecular weight excluding hydrogens is 493 g/mol. The molecule has 0 radical (unpaired) electrons. The first-order valence-corrected chi connectivity index (χ1v) is 9.48. The van der Waals surface area contributed by atoms with Crippen LogP contribution >= 0.6 is 0 Å². The van der Waals surface area contributed by atoms with Crippen molar-refractivity contribution in [3.8, 4) is 0 Å². The average molecular weight is 523 g/mol. The van der Waals surface area contributed by atoms with Gasteiger partial charge in [0, 0.05) is 0 Å². The molecule has 0 unspecified atom stereocenters. The van der Waals surface area contributed by atoms with Gasteiger partial charge in [-0.3, -0.25) is 0 Å². The summed E-state index contributed by atoms with van der Waals surface area (Å²) in [4.78, 5) is 0. The summed E-state index contributed by atoms with van der Waals surface area (Å²) in [6, 6.07) is 0. The van der Waals surface area contributed by atoms with E-state index in [0.29, 0.717) is 42.4 Å². The zero-order valence-electron chi connectivity index (χ0n) is 15.6. The van der Waals surface area contributed by atoms with Crippen molar-refractivity contribution >= 4 is 0 Å². The van der Waals surface area contributed by atoms with Crippen LogP contribution in [0.3, 0.4) is 0 Å². The smallest absolute Gasteiger partial charge is 1.00 e. The molecule has 131 valence electrons. The topological polar surface area (TPSA) is 0 Å². The molecule has 0 aromatic rings. The van der Waals surface area contributed by atoms with Crippen LogP contribution < -0.4 is 17.0 Å². The van der Waals surface area contributed by atoms with Crippen LogP contribution in [0.4, 0.5) is 0 Å².